The molecule has 1 rings (SSSR count). The minimum absolute atomic E-state index is 0.103. The number of anilines is 1. The lowest BCUT2D eigenvalue weighted by Crippen LogP contribution is -2.24. The van der Waals surface area contributed by atoms with Gasteiger partial charge in [-0.15, -0.1) is 0 Å². The molecular weight excluding hydrogens is 232 g/mol. The average molecular weight is 244 g/mol. The monoisotopic (exact) mass is 244 g/mol. The van der Waals surface area contributed by atoms with Crippen LogP contribution in [0.4, 0.5) is 11.4 Å². The largest absolute Gasteiger partial charge is 0.365 e. The van der Waals surface area contributed by atoms with Crippen LogP contribution in [-0.2, 0) is 0 Å². The van der Waals surface area contributed by atoms with Crippen molar-refractivity contribution in [3.8, 4) is 12.1 Å². The Labute approximate surface area is 105 Å². The van der Waals surface area contributed by atoms with Crippen LogP contribution in [0.25, 0.3) is 0 Å². The normalized spacial score (nSPS) is 9.28. The van der Waals surface area contributed by atoms with Crippen molar-refractivity contribution >= 4 is 11.4 Å². The second-order valence-electron chi connectivity index (χ2n) is 3.56. The molecule has 0 saturated heterocycles. The molecule has 1 aromatic rings. The molecule has 0 aliphatic heterocycles. The van der Waals surface area contributed by atoms with Crippen LogP contribution in [0.2, 0.25) is 0 Å². The van der Waals surface area contributed by atoms with E-state index in [1.54, 1.807) is 11.0 Å². The van der Waals surface area contributed by atoms with Gasteiger partial charge in [0.25, 0.3) is 5.69 Å². The van der Waals surface area contributed by atoms with Crippen LogP contribution in [0.3, 0.4) is 0 Å². The highest BCUT2D eigenvalue weighted by atomic mass is 16.6. The van der Waals surface area contributed by atoms with E-state index in [0.29, 0.717) is 25.2 Å². The number of nitrogens with zero attached hydrogens (tertiary/aromatic N) is 4. The van der Waals surface area contributed by atoms with Gasteiger partial charge in [-0.3, -0.25) is 10.1 Å². The van der Waals surface area contributed by atoms with E-state index in [-0.39, 0.29) is 11.3 Å². The first-order chi connectivity index (χ1) is 8.63. The third-order valence-corrected chi connectivity index (χ3v) is 2.52. The highest BCUT2D eigenvalue weighted by Gasteiger charge is 2.19. The SMILES string of the molecule is CCN(CCC#N)c1ccc(C#N)cc1[N+](=O)[O-]. The Hall–Kier alpha value is -2.60. The van der Waals surface area contributed by atoms with Crippen LogP contribution in [0.1, 0.15) is 18.9 Å². The maximum absolute atomic E-state index is 11.0. The van der Waals surface area contributed by atoms with Gasteiger partial charge in [0.2, 0.25) is 0 Å². The molecule has 0 bridgehead atoms. The quantitative estimate of drug-likeness (QED) is 0.584. The van der Waals surface area contributed by atoms with Crippen molar-refractivity contribution in [3.63, 3.8) is 0 Å². The molecule has 0 spiro atoms. The van der Waals surface area contributed by atoms with Crippen LogP contribution in [0, 0.1) is 32.8 Å². The number of nitro groups is 1. The summed E-state index contributed by atoms with van der Waals surface area (Å²) in [6.07, 6.45) is 0.297. The Kier molecular flexibility index (Phi) is 4.65. The van der Waals surface area contributed by atoms with Crippen molar-refractivity contribution in [2.75, 3.05) is 18.0 Å². The number of benzene rings is 1. The lowest BCUT2D eigenvalue weighted by Gasteiger charge is -2.21. The van der Waals surface area contributed by atoms with E-state index >= 15 is 0 Å². The van der Waals surface area contributed by atoms with Gasteiger partial charge in [-0.05, 0) is 19.1 Å². The van der Waals surface area contributed by atoms with Crippen LogP contribution in [-0.4, -0.2) is 18.0 Å². The smallest absolute Gasteiger partial charge is 0.293 e. The zero-order chi connectivity index (χ0) is 13.5. The summed E-state index contributed by atoms with van der Waals surface area (Å²) in [5, 5.41) is 28.3. The lowest BCUT2D eigenvalue weighted by molar-refractivity contribution is -0.384. The van der Waals surface area contributed by atoms with E-state index in [1.165, 1.54) is 12.1 Å². The van der Waals surface area contributed by atoms with Gasteiger partial charge in [0.15, 0.2) is 0 Å². The Morgan fingerprint density at radius 2 is 2.17 bits per heavy atom. The van der Waals surface area contributed by atoms with E-state index in [0.717, 1.165) is 0 Å². The lowest BCUT2D eigenvalue weighted by atomic mass is 10.1. The molecule has 0 saturated carbocycles. The van der Waals surface area contributed by atoms with Crippen LogP contribution in [0.5, 0.6) is 0 Å². The number of nitriles is 2. The van der Waals surface area contributed by atoms with Gasteiger partial charge < -0.3 is 4.90 Å². The van der Waals surface area contributed by atoms with Crippen molar-refractivity contribution in [1.82, 2.24) is 0 Å². The maximum atomic E-state index is 11.0. The second kappa shape index (κ2) is 6.21. The predicted molar refractivity (Wildman–Crippen MR) is 65.9 cm³/mol. The minimum Gasteiger partial charge on any atom is -0.365 e. The second-order valence-corrected chi connectivity index (χ2v) is 3.56. The molecular formula is C12H12N4O2. The van der Waals surface area contributed by atoms with E-state index in [9.17, 15) is 10.1 Å². The van der Waals surface area contributed by atoms with Crippen LogP contribution < -0.4 is 4.90 Å². The molecule has 0 fully saturated rings. The minimum atomic E-state index is -0.509. The van der Waals surface area contributed by atoms with Crippen molar-refractivity contribution < 1.29 is 4.92 Å². The summed E-state index contributed by atoms with van der Waals surface area (Å²) in [7, 11) is 0. The summed E-state index contributed by atoms with van der Waals surface area (Å²) in [6, 6.07) is 8.23. The Morgan fingerprint density at radius 3 is 2.67 bits per heavy atom. The first-order valence-electron chi connectivity index (χ1n) is 5.44. The standard InChI is InChI=1S/C12H12N4O2/c1-2-15(7-3-6-13)11-5-4-10(9-14)8-12(11)16(17)18/h4-5,8H,2-3,7H2,1H3. The zero-order valence-electron chi connectivity index (χ0n) is 9.96. The highest BCUT2D eigenvalue weighted by molar-refractivity contribution is 5.65. The highest BCUT2D eigenvalue weighted by Crippen LogP contribution is 2.29. The van der Waals surface area contributed by atoms with E-state index in [4.69, 9.17) is 10.5 Å². The molecule has 0 aliphatic rings. The maximum Gasteiger partial charge on any atom is 0.293 e. The molecule has 0 atom stereocenters. The fourth-order valence-corrected chi connectivity index (χ4v) is 1.64. The molecule has 6 nitrogen and oxygen atoms in total. The molecule has 0 radical (unpaired) electrons. The Balaban J connectivity index is 3.18. The van der Waals surface area contributed by atoms with Gasteiger partial charge in [-0.2, -0.15) is 10.5 Å². The third kappa shape index (κ3) is 2.96. The molecule has 0 unspecified atom stereocenters. The summed E-state index contributed by atoms with van der Waals surface area (Å²) >= 11 is 0. The summed E-state index contributed by atoms with van der Waals surface area (Å²) in [5.41, 5.74) is 0.590. The van der Waals surface area contributed by atoms with Crippen LogP contribution >= 0.6 is 0 Å². The van der Waals surface area contributed by atoms with Gasteiger partial charge in [0.1, 0.15) is 5.69 Å². The Morgan fingerprint density at radius 1 is 1.44 bits per heavy atom. The summed E-state index contributed by atoms with van der Waals surface area (Å²) in [4.78, 5) is 12.2. The van der Waals surface area contributed by atoms with Gasteiger partial charge >= 0.3 is 0 Å². The zero-order valence-corrected chi connectivity index (χ0v) is 9.96. The number of nitro benzene ring substituents is 1. The van der Waals surface area contributed by atoms with Gasteiger partial charge in [0, 0.05) is 19.2 Å². The molecule has 0 heterocycles. The summed E-state index contributed by atoms with van der Waals surface area (Å²) < 4.78 is 0. The van der Waals surface area contributed by atoms with Gasteiger partial charge in [0.05, 0.1) is 29.0 Å². The van der Waals surface area contributed by atoms with E-state index < -0.39 is 4.92 Å². The predicted octanol–water partition coefficient (Wildman–Crippen LogP) is 2.21. The number of hydrogen-bond donors (Lipinski definition) is 0. The fraction of sp³-hybridized carbons (Fsp3) is 0.333. The molecule has 18 heavy (non-hydrogen) atoms. The molecule has 0 N–H and O–H groups in total. The number of hydrogen-bond acceptors (Lipinski definition) is 5. The van der Waals surface area contributed by atoms with Gasteiger partial charge in [-0.1, -0.05) is 0 Å². The molecule has 1 aromatic carbocycles. The van der Waals surface area contributed by atoms with Crippen molar-refractivity contribution in [2.45, 2.75) is 13.3 Å². The summed E-state index contributed by atoms with van der Waals surface area (Å²) in [6.45, 7) is 2.85. The van der Waals surface area contributed by atoms with Crippen molar-refractivity contribution in [1.29, 1.82) is 10.5 Å². The molecule has 0 aromatic heterocycles. The van der Waals surface area contributed by atoms with Crippen molar-refractivity contribution in [2.24, 2.45) is 0 Å². The van der Waals surface area contributed by atoms with E-state index in [1.807, 2.05) is 19.1 Å². The van der Waals surface area contributed by atoms with Gasteiger partial charge in [-0.25, -0.2) is 0 Å². The topological polar surface area (TPSA) is 94.0 Å². The molecule has 0 aliphatic carbocycles. The number of rotatable bonds is 5. The third-order valence-electron chi connectivity index (χ3n) is 2.52. The Bertz CT molecular complexity index is 528. The fourth-order valence-electron chi connectivity index (χ4n) is 1.64. The molecule has 92 valence electrons. The van der Waals surface area contributed by atoms with Crippen LogP contribution in [0.15, 0.2) is 18.2 Å². The summed E-state index contributed by atoms with van der Waals surface area (Å²) in [5.74, 6) is 0. The van der Waals surface area contributed by atoms with E-state index in [2.05, 4.69) is 0 Å². The van der Waals surface area contributed by atoms with Crippen molar-refractivity contribution in [3.05, 3.63) is 33.9 Å². The first-order valence-corrected chi connectivity index (χ1v) is 5.44. The molecule has 6 heteroatoms. The average Bonchev–Trinajstić information content (AvgIpc) is 2.39. The molecule has 0 amide bonds. The first kappa shape index (κ1) is 13.5.